The van der Waals surface area contributed by atoms with Crippen LogP contribution in [0.25, 0.3) is 0 Å². The molecule has 696 valence electrons. The lowest BCUT2D eigenvalue weighted by Crippen LogP contribution is -2.06. The molecule has 0 aliphatic rings. The van der Waals surface area contributed by atoms with Gasteiger partial charge in [0.2, 0.25) is 0 Å². The van der Waals surface area contributed by atoms with Crippen LogP contribution < -0.4 is 22.9 Å². The van der Waals surface area contributed by atoms with Crippen LogP contribution in [0.5, 0.6) is 17.2 Å². The second kappa shape index (κ2) is 50.0. The number of hydrogen-bond donors (Lipinski definition) is 7. The third-order valence-electron chi connectivity index (χ3n) is 25.2. The lowest BCUT2D eigenvalue weighted by Gasteiger charge is -2.22. The molecule has 0 heterocycles. The Kier molecular flexibility index (Phi) is 39.2. The molecule has 0 bridgehead atoms. The van der Waals surface area contributed by atoms with Crippen LogP contribution in [0.3, 0.4) is 0 Å². The van der Waals surface area contributed by atoms with E-state index in [-0.39, 0.29) is 17.2 Å². The van der Waals surface area contributed by atoms with Crippen molar-refractivity contribution in [1.29, 1.82) is 0 Å². The van der Waals surface area contributed by atoms with Crippen molar-refractivity contribution in [1.82, 2.24) is 0 Å². The highest BCUT2D eigenvalue weighted by Crippen LogP contribution is 2.41. The minimum atomic E-state index is 0.277. The van der Waals surface area contributed by atoms with Gasteiger partial charge in [0, 0.05) is 45.6 Å². The zero-order valence-electron chi connectivity index (χ0n) is 84.1. The van der Waals surface area contributed by atoms with Gasteiger partial charge in [0.25, 0.3) is 0 Å². The van der Waals surface area contributed by atoms with Gasteiger partial charge in [-0.2, -0.15) is 0 Å². The number of aryl methyl sites for hydroxylation is 11. The molecule has 0 saturated carbocycles. The minimum Gasteiger partial charge on any atom is -0.508 e. The molecule has 11 heteroatoms. The van der Waals surface area contributed by atoms with Gasteiger partial charge in [0.1, 0.15) is 17.2 Å². The summed E-state index contributed by atoms with van der Waals surface area (Å²) in [7, 11) is 0. The molecule has 0 atom stereocenters. The molecule has 11 nitrogen and oxygen atoms in total. The fourth-order valence-corrected chi connectivity index (χ4v) is 17.7. The fraction of sp³-hybridized carbons (Fsp3) is 0.372. The van der Waals surface area contributed by atoms with Crippen molar-refractivity contribution in [2.75, 3.05) is 22.9 Å². The molecule has 0 aliphatic carbocycles. The van der Waals surface area contributed by atoms with Gasteiger partial charge < -0.3 is 38.3 Å². The first-order chi connectivity index (χ1) is 63.2. The Morgan fingerprint density at radius 1 is 0.258 bits per heavy atom. The SMILES string of the molecule is CCCC(=Nc1c(C(C)C)cc(Cc2cc(C(C)C)c(N)c(C(C)C)c2)cc1C(C)C)c1ccc(O)cc1.CCCC(=Nc1c(C)cc(Cc2cc(C)c(N)c(C)c2)cc1C)c1ccc(O)cc1.CCCC(=Nc1c(CC)cc(Cc2cc(CC)c(N)c(CC)c2)cc1CC)c1ccc(O)cc1.CCCC(=Nc1ccc(Cc2ccc(N)c(CC)c2)cc1CC)c1ccc(C)cc1. The summed E-state index contributed by atoms with van der Waals surface area (Å²) in [5.74, 6) is 2.31. The number of nitrogen functional groups attached to an aromatic ring is 4. The van der Waals surface area contributed by atoms with Crippen molar-refractivity contribution in [3.63, 3.8) is 0 Å². The average Bonchev–Trinajstić information content (AvgIpc) is 0.799. The van der Waals surface area contributed by atoms with Crippen molar-refractivity contribution in [2.45, 2.75) is 298 Å². The highest BCUT2D eigenvalue weighted by atomic mass is 16.3. The van der Waals surface area contributed by atoms with E-state index < -0.39 is 0 Å². The summed E-state index contributed by atoms with van der Waals surface area (Å²) in [6, 6.07) is 71.5. The van der Waals surface area contributed by atoms with Gasteiger partial charge in [-0.25, -0.2) is 0 Å². The number of aromatic hydroxyl groups is 3. The molecular formula is C121H154N8O3. The second-order valence-electron chi connectivity index (χ2n) is 37.3. The highest BCUT2D eigenvalue weighted by Gasteiger charge is 2.22. The molecule has 132 heavy (non-hydrogen) atoms. The van der Waals surface area contributed by atoms with E-state index in [9.17, 15) is 15.3 Å². The van der Waals surface area contributed by atoms with E-state index in [2.05, 4.69) is 287 Å². The van der Waals surface area contributed by atoms with Crippen LogP contribution in [-0.2, 0) is 64.2 Å². The van der Waals surface area contributed by atoms with Gasteiger partial charge in [-0.1, -0.05) is 277 Å². The molecule has 0 saturated heterocycles. The predicted molar refractivity (Wildman–Crippen MR) is 572 cm³/mol. The maximum absolute atomic E-state index is 9.81. The Balaban J connectivity index is 0.000000199. The van der Waals surface area contributed by atoms with Crippen molar-refractivity contribution < 1.29 is 15.3 Å². The first-order valence-corrected chi connectivity index (χ1v) is 49.0. The first kappa shape index (κ1) is 104. The van der Waals surface area contributed by atoms with E-state index in [1.165, 1.54) is 128 Å². The average molecular weight is 1770 g/mol. The third-order valence-corrected chi connectivity index (χ3v) is 25.2. The van der Waals surface area contributed by atoms with Gasteiger partial charge in [0.05, 0.1) is 22.7 Å². The molecule has 0 aromatic heterocycles. The largest absolute Gasteiger partial charge is 0.508 e. The van der Waals surface area contributed by atoms with E-state index in [0.717, 1.165) is 206 Å². The van der Waals surface area contributed by atoms with Crippen LogP contribution in [0.15, 0.2) is 226 Å². The molecule has 0 amide bonds. The third kappa shape index (κ3) is 28.5. The zero-order valence-corrected chi connectivity index (χ0v) is 84.1. The Morgan fingerprint density at radius 3 is 0.909 bits per heavy atom. The summed E-state index contributed by atoms with van der Waals surface area (Å²) < 4.78 is 0. The number of benzene rings is 12. The number of nitrogens with two attached hydrogens (primary N) is 4. The number of anilines is 4. The van der Waals surface area contributed by atoms with Crippen LogP contribution in [0.1, 0.15) is 350 Å². The molecule has 0 radical (unpaired) electrons. The summed E-state index contributed by atoms with van der Waals surface area (Å²) in [5.41, 5.74) is 71.2. The van der Waals surface area contributed by atoms with E-state index in [1.807, 2.05) is 42.5 Å². The number of hydrogen-bond acceptors (Lipinski definition) is 11. The van der Waals surface area contributed by atoms with Gasteiger partial charge >= 0.3 is 0 Å². The summed E-state index contributed by atoms with van der Waals surface area (Å²) in [6.45, 7) is 50.4. The summed E-state index contributed by atoms with van der Waals surface area (Å²) >= 11 is 0. The first-order valence-electron chi connectivity index (χ1n) is 49.0. The van der Waals surface area contributed by atoms with Gasteiger partial charge in [-0.3, -0.25) is 20.0 Å². The Hall–Kier alpha value is -12.1. The normalized spacial score (nSPS) is 11.9. The van der Waals surface area contributed by atoms with Gasteiger partial charge in [-0.05, 0) is 378 Å². The topological polar surface area (TPSA) is 214 Å². The summed E-state index contributed by atoms with van der Waals surface area (Å²) in [5, 5.41) is 29.1. The van der Waals surface area contributed by atoms with Crippen molar-refractivity contribution >= 4 is 68.3 Å². The smallest absolute Gasteiger partial charge is 0.115 e. The van der Waals surface area contributed by atoms with Gasteiger partial charge in [0.15, 0.2) is 0 Å². The monoisotopic (exact) mass is 1770 g/mol. The molecule has 11 N–H and O–H groups in total. The number of rotatable bonds is 34. The van der Waals surface area contributed by atoms with Crippen LogP contribution in [0, 0.1) is 34.6 Å². The molecule has 0 fully saturated rings. The Labute approximate surface area is 793 Å². The standard InChI is InChI=1S/C35H48N2O.C31H40N2O.C28H34N2.C27H32N2O/c1-10-11-33(27-12-14-28(38)15-13-27)37-35-31(23(6)7)19-26(20-32(35)24(8)9)16-25-17-29(21(2)3)34(36)30(18-25)22(4)5;1-6-11-29(27-12-14-28(34)15-13-27)33-31-25(9-4)19-22(20-26(31)10-5)16-21-17-23(7-2)30(32)24(8-3)18-21;1-5-8-27(25-13-9-20(4)10-14-25)30-28-16-12-22(19-24(28)7-3)17-21-11-15-26(29)23(6-2)18-21;1-6-7-25(23-8-10-24(30)11-9-23)29-27-19(4)14-22(15-20(27)5)16-21-12-17(2)26(28)18(3)13-21/h12-15,17-24,38H,10-11,16,36H2,1-9H3;12-15,17-20,34H,6-11,16,32H2,1-5H3;9-16,18-19H,5-8,17,29H2,1-4H3;8-15,30H,6-7,16,28H2,1-5H3. The number of phenols is 3. The number of aliphatic imine (C=N–C) groups is 4. The molecule has 0 aliphatic heterocycles. The predicted octanol–water partition coefficient (Wildman–Crippen LogP) is 31.6. The molecule has 12 aromatic carbocycles. The second-order valence-corrected chi connectivity index (χ2v) is 37.3. The maximum Gasteiger partial charge on any atom is 0.115 e. The van der Waals surface area contributed by atoms with Crippen molar-refractivity contribution in [3.8, 4) is 17.2 Å². The lowest BCUT2D eigenvalue weighted by atomic mass is 9.86. The van der Waals surface area contributed by atoms with Crippen LogP contribution in [0.4, 0.5) is 45.5 Å². The maximum atomic E-state index is 9.81. The summed E-state index contributed by atoms with van der Waals surface area (Å²) in [6.07, 6.45) is 17.1. The van der Waals surface area contributed by atoms with Crippen molar-refractivity contribution in [2.24, 2.45) is 20.0 Å². The number of phenolic OH excluding ortho intramolecular Hbond substituents is 3. The quantitative estimate of drug-likeness (QED) is 0.0153. The van der Waals surface area contributed by atoms with E-state index in [0.29, 0.717) is 23.7 Å². The fourth-order valence-electron chi connectivity index (χ4n) is 17.7. The molecule has 12 rings (SSSR count). The van der Waals surface area contributed by atoms with Crippen LogP contribution in [0.2, 0.25) is 0 Å². The Morgan fingerprint density at radius 2 is 0.545 bits per heavy atom. The minimum absolute atomic E-state index is 0.277. The summed E-state index contributed by atoms with van der Waals surface area (Å²) in [4.78, 5) is 20.7. The lowest BCUT2D eigenvalue weighted by molar-refractivity contribution is 0.474. The van der Waals surface area contributed by atoms with Gasteiger partial charge in [-0.15, -0.1) is 0 Å². The van der Waals surface area contributed by atoms with Crippen LogP contribution in [-0.4, -0.2) is 38.2 Å². The van der Waals surface area contributed by atoms with E-state index >= 15 is 0 Å². The zero-order chi connectivity index (χ0) is 96.2. The highest BCUT2D eigenvalue weighted by molar-refractivity contribution is 6.05. The Bertz CT molecular complexity index is 5800. The van der Waals surface area contributed by atoms with E-state index in [1.54, 1.807) is 36.4 Å². The molecule has 12 aromatic rings. The molecule has 0 spiro atoms. The van der Waals surface area contributed by atoms with Crippen LogP contribution >= 0.6 is 0 Å². The van der Waals surface area contributed by atoms with E-state index in [4.69, 9.17) is 42.9 Å². The molecular weight excluding hydrogens is 1610 g/mol. The number of nitrogens with zero attached hydrogens (tertiary/aromatic N) is 4. The van der Waals surface area contributed by atoms with Crippen molar-refractivity contribution in [3.05, 3.63) is 356 Å². The molecule has 0 unspecified atom stereocenters.